The molecular formula is C15H19NO4. The Kier molecular flexibility index (Phi) is 4.61. The molecule has 2 unspecified atom stereocenters. The summed E-state index contributed by atoms with van der Waals surface area (Å²) in [7, 11) is 0. The maximum absolute atomic E-state index is 12.2. The Labute approximate surface area is 117 Å². The maximum Gasteiger partial charge on any atom is 0.306 e. The van der Waals surface area contributed by atoms with Gasteiger partial charge in [0.15, 0.2) is 0 Å². The zero-order valence-electron chi connectivity index (χ0n) is 11.5. The van der Waals surface area contributed by atoms with E-state index in [4.69, 9.17) is 9.84 Å². The van der Waals surface area contributed by atoms with Gasteiger partial charge in [0, 0.05) is 12.1 Å². The van der Waals surface area contributed by atoms with E-state index in [1.54, 1.807) is 6.92 Å². The number of carboxylic acids is 1. The standard InChI is InChI=1S/C15H19NO4/c1-10(15(18)19)6-8-16-14(17)12-7-9-20-13-5-3-2-4-11(12)13/h2-5,10,12H,6-9H2,1H3,(H,16,17)(H,18,19). The Bertz CT molecular complexity index is 500. The molecule has 0 fully saturated rings. The molecule has 1 aliphatic heterocycles. The number of aliphatic carboxylic acids is 1. The van der Waals surface area contributed by atoms with Crippen LogP contribution < -0.4 is 10.1 Å². The van der Waals surface area contributed by atoms with Gasteiger partial charge >= 0.3 is 5.97 Å². The van der Waals surface area contributed by atoms with Gasteiger partial charge in [-0.05, 0) is 18.9 Å². The van der Waals surface area contributed by atoms with Crippen molar-refractivity contribution in [3.05, 3.63) is 29.8 Å². The zero-order chi connectivity index (χ0) is 14.5. The van der Waals surface area contributed by atoms with Gasteiger partial charge in [-0.2, -0.15) is 0 Å². The molecule has 1 amide bonds. The summed E-state index contributed by atoms with van der Waals surface area (Å²) in [5.74, 6) is -0.788. The lowest BCUT2D eigenvalue weighted by atomic mass is 9.92. The summed E-state index contributed by atoms with van der Waals surface area (Å²) >= 11 is 0. The Balaban J connectivity index is 1.92. The molecular weight excluding hydrogens is 258 g/mol. The predicted molar refractivity (Wildman–Crippen MR) is 73.7 cm³/mol. The molecule has 1 aromatic carbocycles. The summed E-state index contributed by atoms with van der Waals surface area (Å²) in [6.45, 7) is 2.55. The molecule has 0 bridgehead atoms. The van der Waals surface area contributed by atoms with Crippen LogP contribution in [0.1, 0.15) is 31.2 Å². The molecule has 5 nitrogen and oxygen atoms in total. The number of carboxylic acid groups (broad SMARTS) is 1. The second-order valence-electron chi connectivity index (χ2n) is 5.05. The van der Waals surface area contributed by atoms with Gasteiger partial charge in [0.25, 0.3) is 0 Å². The third-order valence-corrected chi connectivity index (χ3v) is 3.57. The average Bonchev–Trinajstić information content (AvgIpc) is 2.46. The average molecular weight is 277 g/mol. The maximum atomic E-state index is 12.2. The van der Waals surface area contributed by atoms with Gasteiger partial charge in [-0.3, -0.25) is 9.59 Å². The zero-order valence-corrected chi connectivity index (χ0v) is 11.5. The lowest BCUT2D eigenvalue weighted by molar-refractivity contribution is -0.141. The highest BCUT2D eigenvalue weighted by molar-refractivity contribution is 5.84. The summed E-state index contributed by atoms with van der Waals surface area (Å²) in [5.41, 5.74) is 0.905. The molecule has 108 valence electrons. The Morgan fingerprint density at radius 3 is 2.95 bits per heavy atom. The number of fused-ring (bicyclic) bond motifs is 1. The number of carbonyl (C=O) groups excluding carboxylic acids is 1. The molecule has 0 radical (unpaired) electrons. The van der Waals surface area contributed by atoms with Crippen molar-refractivity contribution in [1.82, 2.24) is 5.32 Å². The number of para-hydroxylation sites is 1. The molecule has 0 aliphatic carbocycles. The van der Waals surface area contributed by atoms with E-state index in [0.717, 1.165) is 11.3 Å². The van der Waals surface area contributed by atoms with Crippen molar-refractivity contribution in [2.24, 2.45) is 5.92 Å². The van der Waals surface area contributed by atoms with E-state index in [-0.39, 0.29) is 11.8 Å². The first-order valence-electron chi connectivity index (χ1n) is 6.82. The van der Waals surface area contributed by atoms with Crippen LogP contribution in [0.3, 0.4) is 0 Å². The number of nitrogens with one attached hydrogen (secondary N) is 1. The van der Waals surface area contributed by atoms with Crippen LogP contribution in [0.5, 0.6) is 5.75 Å². The fourth-order valence-electron chi connectivity index (χ4n) is 2.27. The largest absolute Gasteiger partial charge is 0.493 e. The number of ether oxygens (including phenoxy) is 1. The van der Waals surface area contributed by atoms with Crippen LogP contribution in [0.4, 0.5) is 0 Å². The molecule has 20 heavy (non-hydrogen) atoms. The van der Waals surface area contributed by atoms with Gasteiger partial charge in [-0.1, -0.05) is 25.1 Å². The summed E-state index contributed by atoms with van der Waals surface area (Å²) < 4.78 is 5.52. The first kappa shape index (κ1) is 14.4. The molecule has 0 saturated carbocycles. The summed E-state index contributed by atoms with van der Waals surface area (Å²) in [6, 6.07) is 7.54. The highest BCUT2D eigenvalue weighted by Gasteiger charge is 2.27. The normalized spacial score (nSPS) is 18.6. The predicted octanol–water partition coefficient (Wildman–Crippen LogP) is 1.78. The van der Waals surface area contributed by atoms with Gasteiger partial charge in [0.1, 0.15) is 5.75 Å². The van der Waals surface area contributed by atoms with Gasteiger partial charge in [0.2, 0.25) is 5.91 Å². The van der Waals surface area contributed by atoms with Gasteiger partial charge < -0.3 is 15.2 Å². The topological polar surface area (TPSA) is 75.6 Å². The summed E-state index contributed by atoms with van der Waals surface area (Å²) in [4.78, 5) is 22.9. The van der Waals surface area contributed by atoms with Gasteiger partial charge in [0.05, 0.1) is 18.4 Å². The van der Waals surface area contributed by atoms with Crippen molar-refractivity contribution in [2.45, 2.75) is 25.7 Å². The minimum atomic E-state index is -0.837. The lowest BCUT2D eigenvalue weighted by Gasteiger charge is -2.25. The molecule has 1 aromatic rings. The number of benzene rings is 1. The second-order valence-corrected chi connectivity index (χ2v) is 5.05. The fourth-order valence-corrected chi connectivity index (χ4v) is 2.27. The van der Waals surface area contributed by atoms with Gasteiger partial charge in [-0.25, -0.2) is 0 Å². The molecule has 2 N–H and O–H groups in total. The van der Waals surface area contributed by atoms with E-state index in [2.05, 4.69) is 5.32 Å². The Hall–Kier alpha value is -2.04. The molecule has 0 spiro atoms. The van der Waals surface area contributed by atoms with E-state index in [1.807, 2.05) is 24.3 Å². The number of rotatable bonds is 5. The Morgan fingerprint density at radius 1 is 1.45 bits per heavy atom. The number of carbonyl (C=O) groups is 2. The van der Waals surface area contributed by atoms with Crippen LogP contribution in [-0.2, 0) is 9.59 Å². The lowest BCUT2D eigenvalue weighted by Crippen LogP contribution is -2.34. The first-order valence-corrected chi connectivity index (χ1v) is 6.82. The van der Waals surface area contributed by atoms with Crippen molar-refractivity contribution in [3.63, 3.8) is 0 Å². The molecule has 0 saturated heterocycles. The molecule has 0 aromatic heterocycles. The number of hydrogen-bond donors (Lipinski definition) is 2. The van der Waals surface area contributed by atoms with E-state index in [0.29, 0.717) is 26.0 Å². The quantitative estimate of drug-likeness (QED) is 0.860. The van der Waals surface area contributed by atoms with Crippen LogP contribution in [0.25, 0.3) is 0 Å². The third kappa shape index (κ3) is 3.29. The van der Waals surface area contributed by atoms with E-state index >= 15 is 0 Å². The first-order chi connectivity index (χ1) is 9.59. The van der Waals surface area contributed by atoms with Crippen LogP contribution >= 0.6 is 0 Å². The van der Waals surface area contributed by atoms with Crippen LogP contribution in [-0.4, -0.2) is 30.1 Å². The minimum absolute atomic E-state index is 0.0571. The number of hydrogen-bond acceptors (Lipinski definition) is 3. The molecule has 2 atom stereocenters. The van der Waals surface area contributed by atoms with Crippen molar-refractivity contribution in [2.75, 3.05) is 13.2 Å². The smallest absolute Gasteiger partial charge is 0.306 e. The number of amides is 1. The van der Waals surface area contributed by atoms with E-state index < -0.39 is 11.9 Å². The highest BCUT2D eigenvalue weighted by atomic mass is 16.5. The van der Waals surface area contributed by atoms with Crippen molar-refractivity contribution in [3.8, 4) is 5.75 Å². The minimum Gasteiger partial charge on any atom is -0.493 e. The van der Waals surface area contributed by atoms with Crippen LogP contribution in [0, 0.1) is 5.92 Å². The van der Waals surface area contributed by atoms with Crippen molar-refractivity contribution >= 4 is 11.9 Å². The van der Waals surface area contributed by atoms with Gasteiger partial charge in [-0.15, -0.1) is 0 Å². The summed E-state index contributed by atoms with van der Waals surface area (Å²) in [5, 5.41) is 11.6. The molecule has 2 rings (SSSR count). The fraction of sp³-hybridized carbons (Fsp3) is 0.467. The summed E-state index contributed by atoms with van der Waals surface area (Å²) in [6.07, 6.45) is 1.09. The monoisotopic (exact) mass is 277 g/mol. The van der Waals surface area contributed by atoms with E-state index in [1.165, 1.54) is 0 Å². The molecule has 5 heteroatoms. The van der Waals surface area contributed by atoms with Crippen LogP contribution in [0.2, 0.25) is 0 Å². The van der Waals surface area contributed by atoms with Crippen molar-refractivity contribution < 1.29 is 19.4 Å². The van der Waals surface area contributed by atoms with E-state index in [9.17, 15) is 9.59 Å². The van der Waals surface area contributed by atoms with Crippen molar-refractivity contribution in [1.29, 1.82) is 0 Å². The molecule has 1 aliphatic rings. The Morgan fingerprint density at radius 2 is 2.20 bits per heavy atom. The second kappa shape index (κ2) is 6.41. The SMILES string of the molecule is CC(CCNC(=O)C1CCOc2ccccc21)C(=O)O. The molecule has 1 heterocycles. The third-order valence-electron chi connectivity index (χ3n) is 3.57. The van der Waals surface area contributed by atoms with Crippen LogP contribution in [0.15, 0.2) is 24.3 Å². The highest BCUT2D eigenvalue weighted by Crippen LogP contribution is 2.33.